The number of amides is 1. The van der Waals surface area contributed by atoms with Crippen LogP contribution in [0.5, 0.6) is 0 Å². The van der Waals surface area contributed by atoms with Crippen LogP contribution < -0.4 is 5.32 Å². The van der Waals surface area contributed by atoms with Crippen molar-refractivity contribution in [3.8, 4) is 0 Å². The normalized spacial score (nSPS) is 10.2. The fourth-order valence-corrected chi connectivity index (χ4v) is 2.26. The Morgan fingerprint density at radius 2 is 1.78 bits per heavy atom. The van der Waals surface area contributed by atoms with Gasteiger partial charge in [0.25, 0.3) is 5.91 Å². The zero-order chi connectivity index (χ0) is 13.1. The second-order valence-corrected chi connectivity index (χ2v) is 5.29. The average Bonchev–Trinajstić information content (AvgIpc) is 2.27. The molecule has 1 amide bonds. The molecule has 0 saturated carbocycles. The van der Waals surface area contributed by atoms with E-state index >= 15 is 0 Å². The first kappa shape index (κ1) is 13.3. The van der Waals surface area contributed by atoms with E-state index in [-0.39, 0.29) is 5.91 Å². The Labute approximate surface area is 122 Å². The van der Waals surface area contributed by atoms with Gasteiger partial charge in [-0.05, 0) is 40.2 Å². The first-order valence-electron chi connectivity index (χ1n) is 4.92. The molecular weight excluding hydrogens is 339 g/mol. The van der Waals surface area contributed by atoms with Gasteiger partial charge < -0.3 is 5.32 Å². The van der Waals surface area contributed by atoms with Crippen LogP contribution in [0.3, 0.4) is 0 Å². The Kier molecular flexibility index (Phi) is 4.22. The van der Waals surface area contributed by atoms with Gasteiger partial charge in [0.05, 0.1) is 5.56 Å². The number of nitrogens with zero attached hydrogens (tertiary/aromatic N) is 1. The average molecular weight is 346 g/mol. The largest absolute Gasteiger partial charge is 0.322 e. The van der Waals surface area contributed by atoms with Crippen LogP contribution in [-0.2, 0) is 0 Å². The van der Waals surface area contributed by atoms with E-state index in [0.717, 1.165) is 4.47 Å². The molecule has 0 radical (unpaired) electrons. The Balaban J connectivity index is 2.21. The maximum absolute atomic E-state index is 11.9. The number of benzene rings is 1. The summed E-state index contributed by atoms with van der Waals surface area (Å²) < 4.78 is 0.735. The van der Waals surface area contributed by atoms with Gasteiger partial charge in [0.2, 0.25) is 0 Å². The number of pyridine rings is 1. The molecule has 1 aromatic carbocycles. The molecule has 1 aromatic heterocycles. The molecule has 0 atom stereocenters. The van der Waals surface area contributed by atoms with Gasteiger partial charge in [-0.3, -0.25) is 9.78 Å². The lowest BCUT2D eigenvalue weighted by atomic mass is 10.2. The summed E-state index contributed by atoms with van der Waals surface area (Å²) in [5, 5.41) is 3.62. The lowest BCUT2D eigenvalue weighted by Gasteiger charge is -2.06. The number of nitrogens with one attached hydrogen (secondary N) is 1. The molecule has 1 N–H and O–H groups in total. The highest BCUT2D eigenvalue weighted by Crippen LogP contribution is 2.23. The van der Waals surface area contributed by atoms with Crippen LogP contribution in [0.1, 0.15) is 10.4 Å². The van der Waals surface area contributed by atoms with Crippen LogP contribution in [-0.4, -0.2) is 10.9 Å². The zero-order valence-corrected chi connectivity index (χ0v) is 12.1. The first-order chi connectivity index (χ1) is 8.54. The van der Waals surface area contributed by atoms with Crippen LogP contribution in [0.4, 0.5) is 5.69 Å². The summed E-state index contributed by atoms with van der Waals surface area (Å²) in [4.78, 5) is 15.9. The molecular formula is C12H7BrCl2N2O. The highest BCUT2D eigenvalue weighted by molar-refractivity contribution is 9.10. The first-order valence-corrected chi connectivity index (χ1v) is 6.47. The van der Waals surface area contributed by atoms with Crippen molar-refractivity contribution >= 4 is 50.7 Å². The van der Waals surface area contributed by atoms with Gasteiger partial charge in [0.1, 0.15) is 0 Å². The van der Waals surface area contributed by atoms with Gasteiger partial charge in [-0.25, -0.2) is 0 Å². The van der Waals surface area contributed by atoms with Gasteiger partial charge in [0, 0.05) is 32.6 Å². The standard InChI is InChI=1S/C12H7BrCl2N2O/c13-8-1-7(5-16-6-8)12(18)17-11-3-9(14)2-10(15)4-11/h1-6H,(H,17,18). The molecule has 2 rings (SSSR count). The van der Waals surface area contributed by atoms with Crippen molar-refractivity contribution in [3.63, 3.8) is 0 Å². The van der Waals surface area contributed by atoms with E-state index in [9.17, 15) is 4.79 Å². The molecule has 3 nitrogen and oxygen atoms in total. The molecule has 1 heterocycles. The van der Waals surface area contributed by atoms with Gasteiger partial charge in [-0.1, -0.05) is 23.2 Å². The van der Waals surface area contributed by atoms with Crippen LogP contribution in [0.2, 0.25) is 10.0 Å². The van der Waals surface area contributed by atoms with Crippen molar-refractivity contribution in [1.82, 2.24) is 4.98 Å². The van der Waals surface area contributed by atoms with Crippen molar-refractivity contribution < 1.29 is 4.79 Å². The molecule has 6 heteroatoms. The molecule has 0 unspecified atom stereocenters. The maximum atomic E-state index is 11.9. The van der Waals surface area contributed by atoms with Gasteiger partial charge in [-0.2, -0.15) is 0 Å². The Morgan fingerprint density at radius 1 is 1.11 bits per heavy atom. The number of carbonyl (C=O) groups excluding carboxylic acids is 1. The number of carbonyl (C=O) groups is 1. The summed E-state index contributed by atoms with van der Waals surface area (Å²) in [6.07, 6.45) is 3.08. The van der Waals surface area contributed by atoms with Crippen LogP contribution in [0.15, 0.2) is 41.1 Å². The molecule has 2 aromatic rings. The third-order valence-corrected chi connectivity index (χ3v) is 2.96. The van der Waals surface area contributed by atoms with E-state index in [2.05, 4.69) is 26.2 Å². The topological polar surface area (TPSA) is 42.0 Å². The lowest BCUT2D eigenvalue weighted by molar-refractivity contribution is 0.102. The van der Waals surface area contributed by atoms with Crippen LogP contribution in [0, 0.1) is 0 Å². The van der Waals surface area contributed by atoms with E-state index in [1.54, 1.807) is 30.5 Å². The van der Waals surface area contributed by atoms with Crippen molar-refractivity contribution in [2.24, 2.45) is 0 Å². The van der Waals surface area contributed by atoms with Gasteiger partial charge in [-0.15, -0.1) is 0 Å². The van der Waals surface area contributed by atoms with E-state index < -0.39 is 0 Å². The smallest absolute Gasteiger partial charge is 0.257 e. The highest BCUT2D eigenvalue weighted by Gasteiger charge is 2.08. The minimum atomic E-state index is -0.276. The SMILES string of the molecule is O=C(Nc1cc(Cl)cc(Cl)c1)c1cncc(Br)c1. The summed E-state index contributed by atoms with van der Waals surface area (Å²) in [6, 6.07) is 6.52. The molecule has 0 aliphatic carbocycles. The van der Waals surface area contributed by atoms with Crippen molar-refractivity contribution in [2.45, 2.75) is 0 Å². The minimum Gasteiger partial charge on any atom is -0.322 e. The summed E-state index contributed by atoms with van der Waals surface area (Å²) in [7, 11) is 0. The molecule has 0 aliphatic heterocycles. The third kappa shape index (κ3) is 3.45. The lowest BCUT2D eigenvalue weighted by Crippen LogP contribution is -2.12. The quantitative estimate of drug-likeness (QED) is 0.876. The number of anilines is 1. The highest BCUT2D eigenvalue weighted by atomic mass is 79.9. The summed E-state index contributed by atoms with van der Waals surface area (Å²) >= 11 is 15.0. The second kappa shape index (κ2) is 5.69. The maximum Gasteiger partial charge on any atom is 0.257 e. The van der Waals surface area contributed by atoms with Crippen molar-refractivity contribution in [2.75, 3.05) is 5.32 Å². The fourth-order valence-electron chi connectivity index (χ4n) is 1.37. The van der Waals surface area contributed by atoms with E-state index in [4.69, 9.17) is 23.2 Å². The Hall–Kier alpha value is -1.10. The Morgan fingerprint density at radius 3 is 2.39 bits per heavy atom. The van der Waals surface area contributed by atoms with Crippen molar-refractivity contribution in [3.05, 3.63) is 56.7 Å². The second-order valence-electron chi connectivity index (χ2n) is 3.50. The number of hydrogen-bond acceptors (Lipinski definition) is 2. The van der Waals surface area contributed by atoms with Crippen LogP contribution >= 0.6 is 39.1 Å². The molecule has 18 heavy (non-hydrogen) atoms. The number of rotatable bonds is 2. The van der Waals surface area contributed by atoms with Gasteiger partial charge >= 0.3 is 0 Å². The molecule has 92 valence electrons. The van der Waals surface area contributed by atoms with Crippen LogP contribution in [0.25, 0.3) is 0 Å². The molecule has 0 fully saturated rings. The number of hydrogen-bond donors (Lipinski definition) is 1. The summed E-state index contributed by atoms with van der Waals surface area (Å²) in [5.74, 6) is -0.276. The molecule has 0 saturated heterocycles. The van der Waals surface area contributed by atoms with E-state index in [0.29, 0.717) is 21.3 Å². The number of halogens is 3. The van der Waals surface area contributed by atoms with E-state index in [1.165, 1.54) is 6.20 Å². The van der Waals surface area contributed by atoms with Gasteiger partial charge in [0.15, 0.2) is 0 Å². The number of aromatic nitrogens is 1. The minimum absolute atomic E-state index is 0.276. The third-order valence-electron chi connectivity index (χ3n) is 2.09. The monoisotopic (exact) mass is 344 g/mol. The molecule has 0 aliphatic rings. The molecule has 0 spiro atoms. The fraction of sp³-hybridized carbons (Fsp3) is 0. The summed E-state index contributed by atoms with van der Waals surface area (Å²) in [6.45, 7) is 0. The van der Waals surface area contributed by atoms with Crippen molar-refractivity contribution in [1.29, 1.82) is 0 Å². The zero-order valence-electron chi connectivity index (χ0n) is 8.95. The predicted octanol–water partition coefficient (Wildman–Crippen LogP) is 4.40. The van der Waals surface area contributed by atoms with E-state index in [1.807, 2.05) is 0 Å². The summed E-state index contributed by atoms with van der Waals surface area (Å²) in [5.41, 5.74) is 0.984. The Bertz CT molecular complexity index is 584. The molecule has 0 bridgehead atoms. The predicted molar refractivity (Wildman–Crippen MR) is 76.4 cm³/mol.